The molecule has 1 atom stereocenters. The molecule has 0 aliphatic carbocycles. The van der Waals surface area contributed by atoms with Gasteiger partial charge in [-0.2, -0.15) is 0 Å². The maximum atomic E-state index is 12.2. The van der Waals surface area contributed by atoms with E-state index < -0.39 is 0 Å². The third kappa shape index (κ3) is 3.33. The maximum absolute atomic E-state index is 12.2. The second-order valence-corrected chi connectivity index (χ2v) is 6.13. The summed E-state index contributed by atoms with van der Waals surface area (Å²) in [6, 6.07) is 0. The third-order valence-electron chi connectivity index (χ3n) is 4.03. The van der Waals surface area contributed by atoms with E-state index in [1.165, 1.54) is 0 Å². The number of piperidine rings is 1. The predicted octanol–water partition coefficient (Wildman–Crippen LogP) is 3.28. The fourth-order valence-corrected chi connectivity index (χ4v) is 3.46. The first-order valence-electron chi connectivity index (χ1n) is 7.29. The number of rotatable bonds is 6. The first-order valence-corrected chi connectivity index (χ1v) is 7.29. The Bertz CT molecular complexity index is 304. The van der Waals surface area contributed by atoms with Gasteiger partial charge in [0.05, 0.1) is 0 Å². The Balaban J connectivity index is 3.02. The van der Waals surface area contributed by atoms with Gasteiger partial charge in [-0.3, -0.25) is 14.9 Å². The lowest BCUT2D eigenvalue weighted by Gasteiger charge is -2.43. The summed E-state index contributed by atoms with van der Waals surface area (Å²) >= 11 is 0. The van der Waals surface area contributed by atoms with Crippen LogP contribution in [0.2, 0.25) is 0 Å². The van der Waals surface area contributed by atoms with Gasteiger partial charge in [-0.1, -0.05) is 40.5 Å². The van der Waals surface area contributed by atoms with Crippen LogP contribution in [0, 0.1) is 17.3 Å². The summed E-state index contributed by atoms with van der Waals surface area (Å²) in [5.41, 5.74) is -0.0901. The van der Waals surface area contributed by atoms with Crippen molar-refractivity contribution in [3.63, 3.8) is 0 Å². The van der Waals surface area contributed by atoms with Crippen molar-refractivity contribution in [1.29, 1.82) is 0 Å². The summed E-state index contributed by atoms with van der Waals surface area (Å²) in [7, 11) is 0. The van der Waals surface area contributed by atoms with Crippen LogP contribution in [0.5, 0.6) is 0 Å². The number of imide groups is 1. The Labute approximate surface area is 111 Å². The molecule has 0 saturated carbocycles. The van der Waals surface area contributed by atoms with E-state index in [-0.39, 0.29) is 23.1 Å². The summed E-state index contributed by atoms with van der Waals surface area (Å²) in [4.78, 5) is 23.9. The van der Waals surface area contributed by atoms with Gasteiger partial charge in [-0.15, -0.1) is 0 Å². The van der Waals surface area contributed by atoms with Gasteiger partial charge < -0.3 is 0 Å². The van der Waals surface area contributed by atoms with Gasteiger partial charge in [-0.25, -0.2) is 0 Å². The topological polar surface area (TPSA) is 46.2 Å². The smallest absolute Gasteiger partial charge is 0.230 e. The molecule has 1 fully saturated rings. The minimum atomic E-state index is -0.0901. The van der Waals surface area contributed by atoms with E-state index in [4.69, 9.17) is 0 Å². The van der Waals surface area contributed by atoms with Crippen molar-refractivity contribution in [3.8, 4) is 0 Å². The molecule has 0 aromatic carbocycles. The minimum Gasteiger partial charge on any atom is -0.296 e. The van der Waals surface area contributed by atoms with E-state index in [1.807, 2.05) is 0 Å². The fourth-order valence-electron chi connectivity index (χ4n) is 3.46. The maximum Gasteiger partial charge on any atom is 0.230 e. The summed E-state index contributed by atoms with van der Waals surface area (Å²) in [5, 5.41) is 2.53. The van der Waals surface area contributed by atoms with E-state index in [1.54, 1.807) is 0 Å². The summed E-state index contributed by atoms with van der Waals surface area (Å²) in [6.45, 7) is 8.57. The van der Waals surface area contributed by atoms with Crippen LogP contribution in [0.15, 0.2) is 0 Å². The first-order chi connectivity index (χ1) is 8.45. The summed E-state index contributed by atoms with van der Waals surface area (Å²) < 4.78 is 0. The molecule has 3 heteroatoms. The van der Waals surface area contributed by atoms with Gasteiger partial charge in [-0.05, 0) is 30.6 Å². The second kappa shape index (κ2) is 6.35. The monoisotopic (exact) mass is 253 g/mol. The van der Waals surface area contributed by atoms with E-state index in [2.05, 4.69) is 33.0 Å². The number of hydrogen-bond donors (Lipinski definition) is 1. The predicted molar refractivity (Wildman–Crippen MR) is 73.0 cm³/mol. The number of hydrogen-bond acceptors (Lipinski definition) is 2. The van der Waals surface area contributed by atoms with Gasteiger partial charge in [0, 0.05) is 12.3 Å². The standard InChI is InChI=1S/C15H27NO2/c1-5-7-15(8-6-2)10-13(17)16-14(18)12(15)9-11(3)4/h11-12H,5-10H2,1-4H3,(H,16,17,18). The van der Waals surface area contributed by atoms with Crippen molar-refractivity contribution in [3.05, 3.63) is 0 Å². The molecule has 1 unspecified atom stereocenters. The van der Waals surface area contributed by atoms with E-state index in [0.29, 0.717) is 12.3 Å². The Hall–Kier alpha value is -0.860. The average molecular weight is 253 g/mol. The largest absolute Gasteiger partial charge is 0.296 e. The van der Waals surface area contributed by atoms with Crippen molar-refractivity contribution in [2.45, 2.75) is 66.2 Å². The van der Waals surface area contributed by atoms with Crippen LogP contribution in [0.3, 0.4) is 0 Å². The highest BCUT2D eigenvalue weighted by atomic mass is 16.2. The molecule has 1 rings (SSSR count). The molecule has 1 saturated heterocycles. The van der Waals surface area contributed by atoms with Crippen LogP contribution in [0.1, 0.15) is 66.2 Å². The van der Waals surface area contributed by atoms with Crippen molar-refractivity contribution in [1.82, 2.24) is 5.32 Å². The zero-order valence-corrected chi connectivity index (χ0v) is 12.2. The molecule has 0 radical (unpaired) electrons. The minimum absolute atomic E-state index is 0.00935. The van der Waals surface area contributed by atoms with Gasteiger partial charge in [0.15, 0.2) is 0 Å². The van der Waals surface area contributed by atoms with Crippen LogP contribution in [0.4, 0.5) is 0 Å². The molecule has 1 aliphatic heterocycles. The van der Waals surface area contributed by atoms with E-state index in [9.17, 15) is 9.59 Å². The number of carbonyl (C=O) groups excluding carboxylic acids is 2. The highest BCUT2D eigenvalue weighted by Gasteiger charge is 2.46. The van der Waals surface area contributed by atoms with Gasteiger partial charge in [0.1, 0.15) is 0 Å². The average Bonchev–Trinajstić information content (AvgIpc) is 2.24. The molecule has 0 bridgehead atoms. The fraction of sp³-hybridized carbons (Fsp3) is 0.867. The van der Waals surface area contributed by atoms with Crippen molar-refractivity contribution < 1.29 is 9.59 Å². The molecule has 3 nitrogen and oxygen atoms in total. The molecule has 0 aromatic rings. The number of amides is 2. The molecule has 0 spiro atoms. The van der Waals surface area contributed by atoms with Gasteiger partial charge in [0.2, 0.25) is 11.8 Å². The molecule has 18 heavy (non-hydrogen) atoms. The Morgan fingerprint density at radius 2 is 1.78 bits per heavy atom. The van der Waals surface area contributed by atoms with Crippen molar-refractivity contribution >= 4 is 11.8 Å². The molecule has 2 amide bonds. The zero-order valence-electron chi connectivity index (χ0n) is 12.2. The molecule has 0 aromatic heterocycles. The van der Waals surface area contributed by atoms with Crippen LogP contribution in [0.25, 0.3) is 0 Å². The summed E-state index contributed by atoms with van der Waals surface area (Å²) in [6.07, 6.45) is 5.45. The van der Waals surface area contributed by atoms with Crippen molar-refractivity contribution in [2.75, 3.05) is 0 Å². The molecular formula is C15H27NO2. The lowest BCUT2D eigenvalue weighted by molar-refractivity contribution is -0.145. The van der Waals surface area contributed by atoms with Crippen LogP contribution in [-0.2, 0) is 9.59 Å². The van der Waals surface area contributed by atoms with Gasteiger partial charge >= 0.3 is 0 Å². The van der Waals surface area contributed by atoms with E-state index in [0.717, 1.165) is 32.1 Å². The second-order valence-electron chi connectivity index (χ2n) is 6.13. The Morgan fingerprint density at radius 3 is 2.22 bits per heavy atom. The molecule has 1 heterocycles. The molecule has 1 N–H and O–H groups in total. The quantitative estimate of drug-likeness (QED) is 0.738. The zero-order chi connectivity index (χ0) is 13.8. The normalized spacial score (nSPS) is 23.3. The molecule has 104 valence electrons. The van der Waals surface area contributed by atoms with E-state index >= 15 is 0 Å². The third-order valence-corrected chi connectivity index (χ3v) is 4.03. The van der Waals surface area contributed by atoms with Crippen LogP contribution >= 0.6 is 0 Å². The number of nitrogens with one attached hydrogen (secondary N) is 1. The van der Waals surface area contributed by atoms with Gasteiger partial charge in [0.25, 0.3) is 0 Å². The Kier molecular flexibility index (Phi) is 5.36. The SMILES string of the molecule is CCCC1(CCC)CC(=O)NC(=O)C1CC(C)C. The van der Waals surface area contributed by atoms with Crippen LogP contribution < -0.4 is 5.32 Å². The first kappa shape index (κ1) is 15.2. The number of carbonyl (C=O) groups is 2. The summed E-state index contributed by atoms with van der Waals surface area (Å²) in [5.74, 6) is 0.376. The molecular weight excluding hydrogens is 226 g/mol. The van der Waals surface area contributed by atoms with Crippen molar-refractivity contribution in [2.24, 2.45) is 17.3 Å². The molecule has 1 aliphatic rings. The lowest BCUT2D eigenvalue weighted by Crippen LogP contribution is -2.52. The van der Waals surface area contributed by atoms with Crippen LogP contribution in [-0.4, -0.2) is 11.8 Å². The highest BCUT2D eigenvalue weighted by molar-refractivity contribution is 5.99. The highest BCUT2D eigenvalue weighted by Crippen LogP contribution is 2.46. The lowest BCUT2D eigenvalue weighted by atomic mass is 9.62. The Morgan fingerprint density at radius 1 is 1.22 bits per heavy atom.